The van der Waals surface area contributed by atoms with Crippen molar-refractivity contribution in [3.8, 4) is 0 Å². The fraction of sp³-hybridized carbons (Fsp3) is 0.556. The molecule has 4 heterocycles. The van der Waals surface area contributed by atoms with Gasteiger partial charge in [0.25, 0.3) is 5.91 Å². The highest BCUT2D eigenvalue weighted by Gasteiger charge is 2.40. The summed E-state index contributed by atoms with van der Waals surface area (Å²) >= 11 is 6.10. The number of benzene rings is 2. The maximum Gasteiger partial charge on any atom is 0.418 e. The minimum absolute atomic E-state index is 0.0196. The number of nitrogens with zero attached hydrogens (tertiary/aromatic N) is 5. The van der Waals surface area contributed by atoms with E-state index in [1.54, 1.807) is 4.90 Å². The maximum absolute atomic E-state index is 14.1. The molecule has 0 aliphatic carbocycles. The summed E-state index contributed by atoms with van der Waals surface area (Å²) in [5.41, 5.74) is 5.69. The number of para-hydroxylation sites is 1. The lowest BCUT2D eigenvalue weighted by molar-refractivity contribution is -0.149. The van der Waals surface area contributed by atoms with Crippen LogP contribution in [0.1, 0.15) is 42.4 Å². The topological polar surface area (TPSA) is 152 Å². The van der Waals surface area contributed by atoms with Gasteiger partial charge in [0.15, 0.2) is 6.10 Å². The number of carboxylic acids is 1. The summed E-state index contributed by atoms with van der Waals surface area (Å²) in [6.07, 6.45) is -4.86. The van der Waals surface area contributed by atoms with Gasteiger partial charge in [-0.15, -0.1) is 0 Å². The minimum atomic E-state index is -4.81. The molecule has 53 heavy (non-hydrogen) atoms. The molecule has 3 saturated heterocycles. The summed E-state index contributed by atoms with van der Waals surface area (Å²) in [6.45, 7) is 3.16. The Balaban J connectivity index is 1.13. The molecule has 2 aromatic rings. The highest BCUT2D eigenvalue weighted by atomic mass is 35.5. The first-order valence-corrected chi connectivity index (χ1v) is 18.3. The molecule has 4 N–H and O–H groups in total. The molecule has 0 spiro atoms. The Morgan fingerprint density at radius 3 is 2.32 bits per heavy atom. The number of likely N-dealkylation sites (tertiary alicyclic amines) is 2. The first kappa shape index (κ1) is 38.4. The molecule has 6 rings (SSSR count). The molecule has 2 atom stereocenters. The van der Waals surface area contributed by atoms with E-state index in [0.717, 1.165) is 17.3 Å². The molecule has 288 valence electrons. The molecule has 0 unspecified atom stereocenters. The van der Waals surface area contributed by atoms with Gasteiger partial charge in [0.2, 0.25) is 0 Å². The van der Waals surface area contributed by atoms with Crippen LogP contribution in [0, 0.1) is 0 Å². The summed E-state index contributed by atoms with van der Waals surface area (Å²) in [5.74, 6) is -1.48. The van der Waals surface area contributed by atoms with Gasteiger partial charge >= 0.3 is 24.3 Å². The Hall–Kier alpha value is -4.28. The number of amides is 4. The van der Waals surface area contributed by atoms with Gasteiger partial charge in [0, 0.05) is 76.5 Å². The number of aliphatic carboxylic acids is 1. The number of alkyl halides is 3. The van der Waals surface area contributed by atoms with Gasteiger partial charge < -0.3 is 40.5 Å². The molecule has 4 amide bonds. The lowest BCUT2D eigenvalue weighted by Crippen LogP contribution is -2.60. The number of piperidine rings is 2. The predicted molar refractivity (Wildman–Crippen MR) is 191 cm³/mol. The van der Waals surface area contributed by atoms with Crippen LogP contribution in [-0.2, 0) is 33.3 Å². The molecule has 0 aromatic heterocycles. The smallest absolute Gasteiger partial charge is 0.418 e. The van der Waals surface area contributed by atoms with Crippen LogP contribution in [-0.4, -0.2) is 137 Å². The number of halogens is 4. The van der Waals surface area contributed by atoms with Crippen LogP contribution in [0.2, 0.25) is 5.02 Å². The van der Waals surface area contributed by atoms with Crippen LogP contribution in [0.3, 0.4) is 0 Å². The molecule has 0 bridgehead atoms. The number of carbonyl (C=O) groups is 4. The number of piperazine rings is 1. The fourth-order valence-corrected chi connectivity index (χ4v) is 8.17. The predicted octanol–water partition coefficient (Wildman–Crippen LogP) is 4.23. The molecule has 4 aliphatic rings. The van der Waals surface area contributed by atoms with Crippen LogP contribution in [0.4, 0.5) is 34.1 Å². The number of hydrogen-bond donors (Lipinski definition) is 3. The van der Waals surface area contributed by atoms with Crippen molar-refractivity contribution >= 4 is 47.0 Å². The lowest BCUT2D eigenvalue weighted by Gasteiger charge is -2.45. The SMILES string of the molecule is CN1CCN(C2CCN(C(=O)[C@@H](Cc3cc(Cl)c(N)c(C(F)(F)F)c3)OC(=O)N3CCC(N4CCc5ccccc5NC4=O)CC3)CC2)[C@H](C(=O)O)C1. The zero-order chi connectivity index (χ0) is 38.0. The van der Waals surface area contributed by atoms with Crippen molar-refractivity contribution in [2.75, 3.05) is 70.5 Å². The van der Waals surface area contributed by atoms with Crippen LogP contribution in [0.5, 0.6) is 0 Å². The number of hydrogen-bond acceptors (Lipinski definition) is 8. The van der Waals surface area contributed by atoms with Crippen molar-refractivity contribution in [2.45, 2.75) is 68.9 Å². The summed E-state index contributed by atoms with van der Waals surface area (Å²) in [5, 5.41) is 12.5. The Labute approximate surface area is 310 Å². The third-order valence-corrected chi connectivity index (χ3v) is 11.2. The zero-order valence-corrected chi connectivity index (χ0v) is 30.2. The molecule has 13 nitrogen and oxygen atoms in total. The molecular formula is C36H45ClF3N7O6. The Kier molecular flexibility index (Phi) is 11.6. The molecule has 17 heteroatoms. The number of carbonyl (C=O) groups excluding carboxylic acids is 3. The number of likely N-dealkylation sites (N-methyl/N-ethyl adjacent to an activating group) is 1. The van der Waals surface area contributed by atoms with E-state index >= 15 is 0 Å². The minimum Gasteiger partial charge on any atom is -0.480 e. The van der Waals surface area contributed by atoms with E-state index in [9.17, 15) is 37.5 Å². The third kappa shape index (κ3) is 8.76. The van der Waals surface area contributed by atoms with Crippen molar-refractivity contribution in [3.63, 3.8) is 0 Å². The van der Waals surface area contributed by atoms with E-state index in [4.69, 9.17) is 22.1 Å². The van der Waals surface area contributed by atoms with Gasteiger partial charge in [0.1, 0.15) is 6.04 Å². The van der Waals surface area contributed by atoms with E-state index in [0.29, 0.717) is 58.3 Å². The first-order valence-electron chi connectivity index (χ1n) is 17.9. The van der Waals surface area contributed by atoms with E-state index in [1.807, 2.05) is 41.1 Å². The van der Waals surface area contributed by atoms with E-state index < -0.39 is 47.5 Å². The Bertz CT molecular complexity index is 1700. The van der Waals surface area contributed by atoms with E-state index in [2.05, 4.69) is 5.32 Å². The number of anilines is 2. The quantitative estimate of drug-likeness (QED) is 0.352. The number of carboxylic acid groups (broad SMARTS) is 1. The van der Waals surface area contributed by atoms with Crippen LogP contribution in [0.15, 0.2) is 36.4 Å². The number of nitrogens with one attached hydrogen (secondary N) is 1. The van der Waals surface area contributed by atoms with Gasteiger partial charge in [-0.1, -0.05) is 29.8 Å². The number of ether oxygens (including phenoxy) is 1. The maximum atomic E-state index is 14.1. The van der Waals surface area contributed by atoms with Gasteiger partial charge in [-0.05, 0) is 68.5 Å². The third-order valence-electron chi connectivity index (χ3n) is 10.9. The zero-order valence-electron chi connectivity index (χ0n) is 29.5. The largest absolute Gasteiger partial charge is 0.480 e. The Morgan fingerprint density at radius 1 is 0.981 bits per heavy atom. The van der Waals surface area contributed by atoms with Crippen molar-refractivity contribution in [3.05, 3.63) is 58.1 Å². The van der Waals surface area contributed by atoms with E-state index in [-0.39, 0.29) is 61.3 Å². The van der Waals surface area contributed by atoms with Gasteiger partial charge in [-0.3, -0.25) is 14.5 Å². The Morgan fingerprint density at radius 2 is 1.64 bits per heavy atom. The first-order chi connectivity index (χ1) is 25.2. The monoisotopic (exact) mass is 763 g/mol. The lowest BCUT2D eigenvalue weighted by atomic mass is 9.98. The van der Waals surface area contributed by atoms with Crippen molar-refractivity contribution in [2.24, 2.45) is 0 Å². The number of fused-ring (bicyclic) bond motifs is 1. The van der Waals surface area contributed by atoms with Crippen LogP contribution in [0.25, 0.3) is 0 Å². The van der Waals surface area contributed by atoms with Crippen molar-refractivity contribution in [1.82, 2.24) is 24.5 Å². The molecular weight excluding hydrogens is 719 g/mol. The van der Waals surface area contributed by atoms with Gasteiger partial charge in [0.05, 0.1) is 16.3 Å². The summed E-state index contributed by atoms with van der Waals surface area (Å²) < 4.78 is 47.4. The normalized spacial score (nSPS) is 21.8. The van der Waals surface area contributed by atoms with Crippen LogP contribution < -0.4 is 11.1 Å². The molecule has 4 aliphatic heterocycles. The standard InChI is InChI=1S/C36H45ClF3N7O6/c1-43-16-17-46(29(21-43)33(49)50)24-7-11-44(12-8-24)32(48)30(20-22-18-26(36(38,39)40)31(41)27(37)19-22)53-35(52)45-13-9-25(10-14-45)47-15-6-23-4-2-3-5-28(23)42-34(47)51/h2-5,18-19,24-25,29-30H,6-17,20-21,41H2,1H3,(H,42,51)(H,49,50)/t29-,30+/m0/s1. The summed E-state index contributed by atoms with van der Waals surface area (Å²) in [4.78, 5) is 61.5. The number of nitrogen functional groups attached to an aromatic ring is 1. The second-order valence-corrected chi connectivity index (χ2v) is 14.7. The summed E-state index contributed by atoms with van der Waals surface area (Å²) in [7, 11) is 1.87. The number of rotatable bonds is 7. The highest BCUT2D eigenvalue weighted by Crippen LogP contribution is 2.38. The average Bonchev–Trinajstić information content (AvgIpc) is 3.30. The molecule has 0 saturated carbocycles. The average molecular weight is 764 g/mol. The van der Waals surface area contributed by atoms with Gasteiger partial charge in [-0.2, -0.15) is 13.2 Å². The molecule has 3 fully saturated rings. The highest BCUT2D eigenvalue weighted by molar-refractivity contribution is 6.33. The molecule has 0 radical (unpaired) electrons. The number of urea groups is 1. The second kappa shape index (κ2) is 16.0. The van der Waals surface area contributed by atoms with E-state index in [1.165, 1.54) is 15.9 Å². The molecule has 2 aromatic carbocycles. The second-order valence-electron chi connectivity index (χ2n) is 14.3. The van der Waals surface area contributed by atoms with Crippen molar-refractivity contribution < 1.29 is 42.2 Å². The van der Waals surface area contributed by atoms with Crippen molar-refractivity contribution in [1.29, 1.82) is 0 Å². The summed E-state index contributed by atoms with van der Waals surface area (Å²) in [6, 6.07) is 8.57. The fourth-order valence-electron chi connectivity index (χ4n) is 7.93. The van der Waals surface area contributed by atoms with Crippen LogP contribution >= 0.6 is 11.6 Å². The number of nitrogens with two attached hydrogens (primary N) is 1. The van der Waals surface area contributed by atoms with Gasteiger partial charge in [-0.25, -0.2) is 9.59 Å².